The number of thioether (sulfide) groups is 1. The Morgan fingerprint density at radius 1 is 1.23 bits per heavy atom. The van der Waals surface area contributed by atoms with E-state index >= 15 is 0 Å². The molecule has 0 fully saturated rings. The minimum Gasteiger partial charge on any atom is -0.493 e. The van der Waals surface area contributed by atoms with Crippen molar-refractivity contribution in [1.29, 1.82) is 0 Å². The van der Waals surface area contributed by atoms with Crippen LogP contribution < -0.4 is 9.47 Å². The Balaban J connectivity index is 2.09. The molecular weight excluding hydrogens is 298 g/mol. The monoisotopic (exact) mass is 321 g/mol. The average molecular weight is 321 g/mol. The topological polar surface area (TPSA) is 49.2 Å². The molecule has 0 radical (unpaired) electrons. The largest absolute Gasteiger partial charge is 0.493 e. The molecule has 1 aromatic carbocycles. The minimum atomic E-state index is 0.296. The molecule has 1 heterocycles. The van der Waals surface area contributed by atoms with Crippen LogP contribution in [-0.4, -0.2) is 33.9 Å². The number of hydrogen-bond donors (Lipinski definition) is 0. The Hall–Kier alpha value is -1.69. The van der Waals surface area contributed by atoms with E-state index in [-0.39, 0.29) is 0 Å². The molecule has 2 aromatic rings. The van der Waals surface area contributed by atoms with Gasteiger partial charge in [0.05, 0.1) is 7.11 Å². The third kappa shape index (κ3) is 4.16. The van der Waals surface area contributed by atoms with Crippen molar-refractivity contribution in [3.8, 4) is 11.5 Å². The molecule has 0 saturated heterocycles. The summed E-state index contributed by atoms with van der Waals surface area (Å²) in [4.78, 5) is 4.61. The van der Waals surface area contributed by atoms with Crippen LogP contribution in [0.4, 0.5) is 0 Å². The standard InChI is InChI=1S/C16H23N3O2S/c1-12(2)19-16(9-10-22-4)17-15(18-19)11-21-14-8-6-5-7-13(14)20-3/h5-8,12H,9-11H2,1-4H3. The fraction of sp³-hybridized carbons (Fsp3) is 0.500. The van der Waals surface area contributed by atoms with Gasteiger partial charge in [0.1, 0.15) is 12.4 Å². The van der Waals surface area contributed by atoms with E-state index in [0.29, 0.717) is 30.0 Å². The van der Waals surface area contributed by atoms with Crippen LogP contribution in [0.25, 0.3) is 0 Å². The zero-order chi connectivity index (χ0) is 15.9. The second-order valence-corrected chi connectivity index (χ2v) is 6.15. The predicted molar refractivity (Wildman–Crippen MR) is 89.8 cm³/mol. The number of aryl methyl sites for hydroxylation is 1. The van der Waals surface area contributed by atoms with Crippen LogP contribution in [0.1, 0.15) is 31.5 Å². The summed E-state index contributed by atoms with van der Waals surface area (Å²) in [6.45, 7) is 4.57. The van der Waals surface area contributed by atoms with E-state index in [0.717, 1.165) is 18.0 Å². The Bertz CT molecular complexity index is 599. The number of para-hydroxylation sites is 2. The molecule has 0 aliphatic rings. The molecular formula is C16H23N3O2S. The molecule has 5 nitrogen and oxygen atoms in total. The normalized spacial score (nSPS) is 11.0. The Morgan fingerprint density at radius 2 is 1.95 bits per heavy atom. The highest BCUT2D eigenvalue weighted by Gasteiger charge is 2.13. The second-order valence-electron chi connectivity index (χ2n) is 5.16. The van der Waals surface area contributed by atoms with Crippen LogP contribution >= 0.6 is 11.8 Å². The van der Waals surface area contributed by atoms with Crippen molar-refractivity contribution in [2.24, 2.45) is 0 Å². The van der Waals surface area contributed by atoms with E-state index in [1.807, 2.05) is 40.7 Å². The summed E-state index contributed by atoms with van der Waals surface area (Å²) in [5.74, 6) is 4.18. The van der Waals surface area contributed by atoms with Crippen LogP contribution in [0.2, 0.25) is 0 Å². The molecule has 0 bridgehead atoms. The highest BCUT2D eigenvalue weighted by Crippen LogP contribution is 2.26. The van der Waals surface area contributed by atoms with Gasteiger partial charge < -0.3 is 9.47 Å². The van der Waals surface area contributed by atoms with Gasteiger partial charge in [0, 0.05) is 18.2 Å². The van der Waals surface area contributed by atoms with Crippen LogP contribution in [0.5, 0.6) is 11.5 Å². The first kappa shape index (κ1) is 16.7. The molecule has 120 valence electrons. The van der Waals surface area contributed by atoms with Crippen molar-refractivity contribution in [2.75, 3.05) is 19.1 Å². The molecule has 0 atom stereocenters. The van der Waals surface area contributed by atoms with Gasteiger partial charge in [0.15, 0.2) is 17.3 Å². The van der Waals surface area contributed by atoms with Crippen molar-refractivity contribution < 1.29 is 9.47 Å². The number of benzene rings is 1. The molecule has 22 heavy (non-hydrogen) atoms. The van der Waals surface area contributed by atoms with Crippen molar-refractivity contribution in [3.05, 3.63) is 35.9 Å². The first-order valence-electron chi connectivity index (χ1n) is 7.34. The Kier molecular flexibility index (Phi) is 6.12. The molecule has 0 aliphatic heterocycles. The van der Waals surface area contributed by atoms with Crippen LogP contribution in [0.15, 0.2) is 24.3 Å². The van der Waals surface area contributed by atoms with Crippen LogP contribution in [-0.2, 0) is 13.0 Å². The van der Waals surface area contributed by atoms with Gasteiger partial charge in [-0.05, 0) is 32.2 Å². The highest BCUT2D eigenvalue weighted by atomic mass is 32.2. The summed E-state index contributed by atoms with van der Waals surface area (Å²) in [5.41, 5.74) is 0. The molecule has 0 N–H and O–H groups in total. The lowest BCUT2D eigenvalue weighted by molar-refractivity contribution is 0.275. The molecule has 0 amide bonds. The SMILES string of the molecule is COc1ccccc1OCc1nc(CCSC)n(C(C)C)n1. The maximum Gasteiger partial charge on any atom is 0.188 e. The van der Waals surface area contributed by atoms with E-state index < -0.39 is 0 Å². The summed E-state index contributed by atoms with van der Waals surface area (Å²) in [5, 5.41) is 4.56. The number of nitrogens with zero attached hydrogens (tertiary/aromatic N) is 3. The maximum atomic E-state index is 5.80. The molecule has 6 heteroatoms. The maximum absolute atomic E-state index is 5.80. The number of ether oxygens (including phenoxy) is 2. The number of rotatable bonds is 8. The summed E-state index contributed by atoms with van der Waals surface area (Å²) < 4.78 is 13.1. The fourth-order valence-corrected chi connectivity index (χ4v) is 2.51. The smallest absolute Gasteiger partial charge is 0.188 e. The average Bonchev–Trinajstić information content (AvgIpc) is 2.94. The van der Waals surface area contributed by atoms with Crippen LogP contribution in [0.3, 0.4) is 0 Å². The lowest BCUT2D eigenvalue weighted by Crippen LogP contribution is -2.09. The summed E-state index contributed by atoms with van der Waals surface area (Å²) >= 11 is 1.81. The quantitative estimate of drug-likeness (QED) is 0.746. The van der Waals surface area contributed by atoms with Gasteiger partial charge in [0.25, 0.3) is 0 Å². The molecule has 2 rings (SSSR count). The molecule has 0 spiro atoms. The number of aromatic nitrogens is 3. The fourth-order valence-electron chi connectivity index (χ4n) is 2.12. The predicted octanol–water partition coefficient (Wildman–Crippen LogP) is 3.35. The third-order valence-corrected chi connectivity index (χ3v) is 3.80. The lowest BCUT2D eigenvalue weighted by atomic mass is 10.3. The van der Waals surface area contributed by atoms with Gasteiger partial charge in [-0.3, -0.25) is 0 Å². The summed E-state index contributed by atoms with van der Waals surface area (Å²) in [6, 6.07) is 7.89. The third-order valence-electron chi connectivity index (χ3n) is 3.19. The highest BCUT2D eigenvalue weighted by molar-refractivity contribution is 7.98. The minimum absolute atomic E-state index is 0.296. The zero-order valence-electron chi connectivity index (χ0n) is 13.6. The van der Waals surface area contributed by atoms with Gasteiger partial charge in [-0.25, -0.2) is 9.67 Å². The molecule has 0 aliphatic carbocycles. The lowest BCUT2D eigenvalue weighted by Gasteiger charge is -2.09. The summed E-state index contributed by atoms with van der Waals surface area (Å²) in [7, 11) is 1.63. The van der Waals surface area contributed by atoms with Crippen LogP contribution in [0, 0.1) is 0 Å². The van der Waals surface area contributed by atoms with E-state index in [1.165, 1.54) is 0 Å². The van der Waals surface area contributed by atoms with Gasteiger partial charge in [-0.2, -0.15) is 16.9 Å². The second kappa shape index (κ2) is 8.08. The van der Waals surface area contributed by atoms with Crippen molar-refractivity contribution in [1.82, 2.24) is 14.8 Å². The van der Waals surface area contributed by atoms with Crippen molar-refractivity contribution in [3.63, 3.8) is 0 Å². The number of hydrogen-bond acceptors (Lipinski definition) is 5. The molecule has 0 unspecified atom stereocenters. The van der Waals surface area contributed by atoms with Gasteiger partial charge >= 0.3 is 0 Å². The Morgan fingerprint density at radius 3 is 2.59 bits per heavy atom. The van der Waals surface area contributed by atoms with Crippen molar-refractivity contribution in [2.45, 2.75) is 32.9 Å². The van der Waals surface area contributed by atoms with E-state index in [2.05, 4.69) is 30.2 Å². The first-order chi connectivity index (χ1) is 10.7. The van der Waals surface area contributed by atoms with Gasteiger partial charge in [-0.1, -0.05) is 12.1 Å². The first-order valence-corrected chi connectivity index (χ1v) is 8.74. The Labute approximate surface area is 136 Å². The van der Waals surface area contributed by atoms with E-state index in [9.17, 15) is 0 Å². The van der Waals surface area contributed by atoms with Gasteiger partial charge in [0.2, 0.25) is 0 Å². The zero-order valence-corrected chi connectivity index (χ0v) is 14.4. The van der Waals surface area contributed by atoms with E-state index in [1.54, 1.807) is 7.11 Å². The summed E-state index contributed by atoms with van der Waals surface area (Å²) in [6.07, 6.45) is 3.02. The van der Waals surface area contributed by atoms with E-state index in [4.69, 9.17) is 9.47 Å². The number of methoxy groups -OCH3 is 1. The van der Waals surface area contributed by atoms with Crippen molar-refractivity contribution >= 4 is 11.8 Å². The molecule has 0 saturated carbocycles. The van der Waals surface area contributed by atoms with Gasteiger partial charge in [-0.15, -0.1) is 0 Å². The molecule has 1 aromatic heterocycles.